The summed E-state index contributed by atoms with van der Waals surface area (Å²) in [6.45, 7) is 4.82. The fraction of sp³-hybridized carbons (Fsp3) is 0.464. The Balaban J connectivity index is 1.28. The third kappa shape index (κ3) is 5.57. The molecular weight excluding hydrogens is 432 g/mol. The van der Waals surface area contributed by atoms with Crippen LogP contribution in [-0.2, 0) is 30.3 Å². The Bertz CT molecular complexity index is 1010. The van der Waals surface area contributed by atoms with Crippen molar-refractivity contribution in [1.82, 2.24) is 0 Å². The molecule has 2 aliphatic rings. The second-order valence-corrected chi connectivity index (χ2v) is 9.22. The Hall–Kier alpha value is -2.53. The lowest BCUT2D eigenvalue weighted by Gasteiger charge is -2.53. The number of carbonyl (C=O) groups is 1. The lowest BCUT2D eigenvalue weighted by Crippen LogP contribution is -2.67. The molecule has 1 N–H and O–H groups in total. The Morgan fingerprint density at radius 1 is 1.12 bits per heavy atom. The Morgan fingerprint density at radius 2 is 1.82 bits per heavy atom. The van der Waals surface area contributed by atoms with Crippen LogP contribution in [0.25, 0.3) is 0 Å². The zero-order valence-electron chi connectivity index (χ0n) is 19.7. The van der Waals surface area contributed by atoms with Crippen molar-refractivity contribution in [3.8, 4) is 11.8 Å². The van der Waals surface area contributed by atoms with Crippen LogP contribution in [0.4, 0.5) is 0 Å². The zero-order chi connectivity index (χ0) is 24.0. The van der Waals surface area contributed by atoms with Crippen LogP contribution in [0.2, 0.25) is 0 Å². The molecule has 2 saturated heterocycles. The maximum atomic E-state index is 12.9. The number of hydrogen-bond acceptors (Lipinski definition) is 6. The van der Waals surface area contributed by atoms with Gasteiger partial charge in [0, 0.05) is 25.0 Å². The smallest absolute Gasteiger partial charge is 0.239 e. The minimum absolute atomic E-state index is 0.249. The number of aliphatic hydroxyl groups excluding tert-OH is 1. The molecule has 2 aromatic carbocycles. The number of aliphatic hydroxyl groups is 1. The van der Waals surface area contributed by atoms with Gasteiger partial charge >= 0.3 is 0 Å². The van der Waals surface area contributed by atoms with Gasteiger partial charge in [-0.25, -0.2) is 0 Å². The summed E-state index contributed by atoms with van der Waals surface area (Å²) in [4.78, 5) is 12.9. The summed E-state index contributed by atoms with van der Waals surface area (Å²) in [7, 11) is 0. The SMILES string of the molecule is C[C@@]12CO[C@@H](c3ccccc3)O[C@H]1C[C@@H](O)[C@](C)(C(=O)C#CCCCOCc1ccccc1)O2. The van der Waals surface area contributed by atoms with Crippen LogP contribution in [0.5, 0.6) is 0 Å². The third-order valence-corrected chi connectivity index (χ3v) is 6.44. The molecule has 2 heterocycles. The van der Waals surface area contributed by atoms with E-state index in [2.05, 4.69) is 11.8 Å². The molecule has 4 rings (SSSR count). The molecule has 0 amide bonds. The van der Waals surface area contributed by atoms with Crippen LogP contribution in [0, 0.1) is 11.8 Å². The summed E-state index contributed by atoms with van der Waals surface area (Å²) in [5.74, 6) is 5.14. The minimum Gasteiger partial charge on any atom is -0.389 e. The molecule has 6 heteroatoms. The van der Waals surface area contributed by atoms with E-state index in [9.17, 15) is 9.90 Å². The molecule has 0 radical (unpaired) electrons. The highest BCUT2D eigenvalue weighted by molar-refractivity contribution is 6.02. The summed E-state index contributed by atoms with van der Waals surface area (Å²) in [6, 6.07) is 19.6. The summed E-state index contributed by atoms with van der Waals surface area (Å²) >= 11 is 0. The number of rotatable bonds is 7. The number of ether oxygens (including phenoxy) is 4. The van der Waals surface area contributed by atoms with Crippen molar-refractivity contribution in [2.45, 2.75) is 69.4 Å². The predicted octanol–water partition coefficient (Wildman–Crippen LogP) is 3.97. The van der Waals surface area contributed by atoms with E-state index in [1.165, 1.54) is 0 Å². The molecule has 6 nitrogen and oxygen atoms in total. The molecule has 0 saturated carbocycles. The Labute approximate surface area is 201 Å². The van der Waals surface area contributed by atoms with Gasteiger partial charge in [-0.1, -0.05) is 66.6 Å². The lowest BCUT2D eigenvalue weighted by atomic mass is 9.80. The van der Waals surface area contributed by atoms with Crippen molar-refractivity contribution in [1.29, 1.82) is 0 Å². The van der Waals surface area contributed by atoms with Gasteiger partial charge in [-0.3, -0.25) is 4.79 Å². The molecule has 0 aromatic heterocycles. The molecule has 0 spiro atoms. The predicted molar refractivity (Wildman–Crippen MR) is 127 cm³/mol. The zero-order valence-corrected chi connectivity index (χ0v) is 19.7. The van der Waals surface area contributed by atoms with Crippen LogP contribution < -0.4 is 0 Å². The van der Waals surface area contributed by atoms with Crippen molar-refractivity contribution in [2.24, 2.45) is 0 Å². The molecule has 34 heavy (non-hydrogen) atoms. The molecule has 2 aromatic rings. The summed E-state index contributed by atoms with van der Waals surface area (Å²) in [5, 5.41) is 10.8. The molecule has 2 aliphatic heterocycles. The van der Waals surface area contributed by atoms with E-state index in [4.69, 9.17) is 18.9 Å². The van der Waals surface area contributed by atoms with E-state index in [0.717, 1.165) is 17.5 Å². The highest BCUT2D eigenvalue weighted by atomic mass is 16.7. The van der Waals surface area contributed by atoms with E-state index >= 15 is 0 Å². The summed E-state index contributed by atoms with van der Waals surface area (Å²) in [5.41, 5.74) is -0.268. The van der Waals surface area contributed by atoms with Crippen molar-refractivity contribution >= 4 is 5.78 Å². The molecule has 0 bridgehead atoms. The molecular formula is C28H32O6. The average molecular weight is 465 g/mol. The van der Waals surface area contributed by atoms with Gasteiger partial charge < -0.3 is 24.1 Å². The van der Waals surface area contributed by atoms with E-state index in [1.807, 2.05) is 67.6 Å². The minimum atomic E-state index is -1.44. The van der Waals surface area contributed by atoms with Crippen LogP contribution in [0.1, 0.15) is 50.5 Å². The number of hydrogen-bond donors (Lipinski definition) is 1. The second kappa shape index (κ2) is 10.8. The highest BCUT2D eigenvalue weighted by Crippen LogP contribution is 2.43. The van der Waals surface area contributed by atoms with Crippen molar-refractivity contribution in [3.63, 3.8) is 0 Å². The molecule has 0 unspecified atom stereocenters. The number of Topliss-reactive ketones (excluding diaryl/α,β-unsaturated/α-hetero) is 1. The Kier molecular flexibility index (Phi) is 7.82. The van der Waals surface area contributed by atoms with E-state index in [-0.39, 0.29) is 13.0 Å². The number of carbonyl (C=O) groups excluding carboxylic acids is 1. The fourth-order valence-corrected chi connectivity index (χ4v) is 4.32. The first-order chi connectivity index (χ1) is 16.4. The largest absolute Gasteiger partial charge is 0.389 e. The van der Waals surface area contributed by atoms with Crippen molar-refractivity contribution in [3.05, 3.63) is 71.8 Å². The van der Waals surface area contributed by atoms with Crippen LogP contribution in [0.15, 0.2) is 60.7 Å². The fourth-order valence-electron chi connectivity index (χ4n) is 4.32. The van der Waals surface area contributed by atoms with Crippen LogP contribution >= 0.6 is 0 Å². The molecule has 180 valence electrons. The van der Waals surface area contributed by atoms with Crippen LogP contribution in [-0.4, -0.2) is 47.5 Å². The monoisotopic (exact) mass is 464 g/mol. The average Bonchev–Trinajstić information content (AvgIpc) is 2.85. The first kappa shape index (κ1) is 24.6. The van der Waals surface area contributed by atoms with Gasteiger partial charge in [0.1, 0.15) is 5.60 Å². The van der Waals surface area contributed by atoms with Gasteiger partial charge in [-0.15, -0.1) is 0 Å². The molecule has 0 aliphatic carbocycles. The van der Waals surface area contributed by atoms with Gasteiger partial charge in [-0.05, 0) is 31.8 Å². The molecule has 2 fully saturated rings. The maximum absolute atomic E-state index is 12.9. The normalized spacial score (nSPS) is 30.6. The number of unbranched alkanes of at least 4 members (excludes halogenated alkanes) is 1. The highest BCUT2D eigenvalue weighted by Gasteiger charge is 2.57. The van der Waals surface area contributed by atoms with Gasteiger partial charge in [0.05, 0.1) is 25.4 Å². The first-order valence-corrected chi connectivity index (χ1v) is 11.8. The quantitative estimate of drug-likeness (QED) is 0.380. The lowest BCUT2D eigenvalue weighted by molar-refractivity contribution is -0.348. The van der Waals surface area contributed by atoms with Crippen molar-refractivity contribution < 1.29 is 28.8 Å². The molecule has 5 atom stereocenters. The van der Waals surface area contributed by atoms with E-state index in [0.29, 0.717) is 19.6 Å². The standard InChI is InChI=1S/C28H32O6/c1-27-20-32-26(22-14-8-4-9-15-22)33-25(27)18-24(30)28(2,34-27)23(29)16-10-5-11-17-31-19-21-12-6-3-7-13-21/h3-4,6-9,12-15,24-26,30H,5,11,17-20H2,1-2H3/t24-,25+,26-,27-,28+/m1/s1. The van der Waals surface area contributed by atoms with Gasteiger partial charge in [0.25, 0.3) is 0 Å². The summed E-state index contributed by atoms with van der Waals surface area (Å²) < 4.78 is 23.9. The Morgan fingerprint density at radius 3 is 2.56 bits per heavy atom. The summed E-state index contributed by atoms with van der Waals surface area (Å²) in [6.07, 6.45) is -0.458. The van der Waals surface area contributed by atoms with Gasteiger partial charge in [0.2, 0.25) is 5.78 Å². The van der Waals surface area contributed by atoms with Gasteiger partial charge in [-0.2, -0.15) is 0 Å². The van der Waals surface area contributed by atoms with Crippen molar-refractivity contribution in [2.75, 3.05) is 13.2 Å². The number of fused-ring (bicyclic) bond motifs is 1. The van der Waals surface area contributed by atoms with E-state index in [1.54, 1.807) is 6.92 Å². The number of benzene rings is 2. The van der Waals surface area contributed by atoms with Gasteiger partial charge in [0.15, 0.2) is 11.9 Å². The maximum Gasteiger partial charge on any atom is 0.239 e. The van der Waals surface area contributed by atoms with E-state index < -0.39 is 35.5 Å². The third-order valence-electron chi connectivity index (χ3n) is 6.44. The second-order valence-electron chi connectivity index (χ2n) is 9.22. The first-order valence-electron chi connectivity index (χ1n) is 11.8. The van der Waals surface area contributed by atoms with Crippen LogP contribution in [0.3, 0.4) is 0 Å². The number of ketones is 1. The topological polar surface area (TPSA) is 74.2 Å².